The zero-order valence-electron chi connectivity index (χ0n) is 33.9. The summed E-state index contributed by atoms with van der Waals surface area (Å²) < 4.78 is 2.68. The predicted octanol–water partition coefficient (Wildman–Crippen LogP) is 12.0. The van der Waals surface area contributed by atoms with Gasteiger partial charge in [0.2, 0.25) is 0 Å². The molecule has 1 N–H and O–H groups in total. The Labute approximate surface area is 333 Å². The van der Waals surface area contributed by atoms with E-state index in [0.717, 1.165) is 18.7 Å². The summed E-state index contributed by atoms with van der Waals surface area (Å²) in [5.41, 5.74) is 19.1. The average Bonchev–Trinajstić information content (AvgIpc) is 3.65. The van der Waals surface area contributed by atoms with Gasteiger partial charge in [-0.05, 0) is 120 Å². The standard InChI is InChI=1S/C52H52BN3/c1-49(2)28-29-50(3,4)39-32-44-36(30-38(39)49)46-45(56-42-24-14-11-21-37(42)51(5)26-16-17-27-52(51,56)6)31-35(47-48(46)55(44)43-25-15-12-22-40(43)53-47)34-20-10-13-23-41(34)54-33-18-8-7-9-19-33/h7-15,18-25,30-32,53-54H,16-17,26-29H2,1-6H3. The van der Waals surface area contributed by atoms with Gasteiger partial charge in [0, 0.05) is 44.5 Å². The molecular formula is C52H52BN3. The zero-order chi connectivity index (χ0) is 38.2. The Balaban J connectivity index is 1.32. The minimum Gasteiger partial charge on any atom is -0.355 e. The Hall–Kier alpha value is -5.22. The van der Waals surface area contributed by atoms with E-state index in [-0.39, 0.29) is 21.8 Å². The van der Waals surface area contributed by atoms with E-state index in [1.807, 2.05) is 0 Å². The van der Waals surface area contributed by atoms with Crippen LogP contribution in [-0.4, -0.2) is 17.4 Å². The molecule has 0 amide bonds. The maximum atomic E-state index is 3.85. The number of nitrogens with zero attached hydrogens (tertiary/aromatic N) is 2. The molecule has 0 radical (unpaired) electrons. The smallest absolute Gasteiger partial charge is 0.198 e. The van der Waals surface area contributed by atoms with Crippen LogP contribution in [0, 0.1) is 0 Å². The molecule has 4 heteroatoms. The number of nitrogens with one attached hydrogen (secondary N) is 1. The van der Waals surface area contributed by atoms with Crippen LogP contribution in [0.1, 0.15) is 96.8 Å². The third-order valence-electron chi connectivity index (χ3n) is 15.2. The van der Waals surface area contributed by atoms with Gasteiger partial charge in [0.1, 0.15) is 0 Å². The van der Waals surface area contributed by atoms with Gasteiger partial charge in [-0.1, -0.05) is 126 Å². The number of benzene rings is 6. The Morgan fingerprint density at radius 2 is 1.23 bits per heavy atom. The molecule has 11 rings (SSSR count). The van der Waals surface area contributed by atoms with E-state index in [0.29, 0.717) is 0 Å². The van der Waals surface area contributed by atoms with Crippen LogP contribution in [0.3, 0.4) is 0 Å². The van der Waals surface area contributed by atoms with Crippen molar-refractivity contribution in [3.05, 3.63) is 138 Å². The van der Waals surface area contributed by atoms with Crippen molar-refractivity contribution >= 4 is 62.8 Å². The number of hydrogen-bond acceptors (Lipinski definition) is 2. The molecule has 6 aromatic carbocycles. The van der Waals surface area contributed by atoms with Gasteiger partial charge in [0.05, 0.1) is 22.3 Å². The second-order valence-corrected chi connectivity index (χ2v) is 19.2. The molecule has 2 unspecified atom stereocenters. The van der Waals surface area contributed by atoms with Crippen molar-refractivity contribution in [1.29, 1.82) is 0 Å². The molecular weight excluding hydrogens is 677 g/mol. The van der Waals surface area contributed by atoms with Crippen LogP contribution in [0.5, 0.6) is 0 Å². The first kappa shape index (κ1) is 34.1. The van der Waals surface area contributed by atoms with Crippen molar-refractivity contribution in [2.75, 3.05) is 10.2 Å². The highest BCUT2D eigenvalue weighted by Gasteiger charge is 2.58. The fourth-order valence-corrected chi connectivity index (χ4v) is 11.8. The van der Waals surface area contributed by atoms with Crippen LogP contribution in [0.15, 0.2) is 121 Å². The Morgan fingerprint density at radius 1 is 0.571 bits per heavy atom. The van der Waals surface area contributed by atoms with Crippen LogP contribution in [0.2, 0.25) is 0 Å². The van der Waals surface area contributed by atoms with Gasteiger partial charge in [-0.15, -0.1) is 0 Å². The van der Waals surface area contributed by atoms with Crippen molar-refractivity contribution < 1.29 is 0 Å². The molecule has 1 fully saturated rings. The molecule has 2 aliphatic heterocycles. The van der Waals surface area contributed by atoms with E-state index >= 15 is 0 Å². The third kappa shape index (κ3) is 4.53. The van der Waals surface area contributed by atoms with Crippen LogP contribution >= 0.6 is 0 Å². The fraction of sp³-hybridized carbons (Fsp3) is 0.308. The van der Waals surface area contributed by atoms with Crippen molar-refractivity contribution in [2.24, 2.45) is 0 Å². The average molecular weight is 730 g/mol. The maximum absolute atomic E-state index is 3.85. The molecule has 7 aromatic rings. The Kier molecular flexibility index (Phi) is 7.10. The van der Waals surface area contributed by atoms with Crippen LogP contribution in [-0.2, 0) is 16.2 Å². The van der Waals surface area contributed by atoms with E-state index < -0.39 is 0 Å². The summed E-state index contributed by atoms with van der Waals surface area (Å²) in [6.07, 6.45) is 7.30. The highest BCUT2D eigenvalue weighted by Crippen LogP contribution is 2.62. The lowest BCUT2D eigenvalue weighted by Crippen LogP contribution is -2.54. The number of anilines is 4. The van der Waals surface area contributed by atoms with Crippen molar-refractivity contribution in [2.45, 2.75) is 102 Å². The van der Waals surface area contributed by atoms with Gasteiger partial charge in [-0.2, -0.15) is 0 Å². The molecule has 0 saturated heterocycles. The molecule has 3 heterocycles. The molecule has 56 heavy (non-hydrogen) atoms. The highest BCUT2D eigenvalue weighted by molar-refractivity contribution is 6.73. The monoisotopic (exact) mass is 729 g/mol. The molecule has 0 spiro atoms. The van der Waals surface area contributed by atoms with E-state index in [1.165, 1.54) is 116 Å². The zero-order valence-corrected chi connectivity index (χ0v) is 33.9. The van der Waals surface area contributed by atoms with E-state index in [1.54, 1.807) is 0 Å². The SMILES string of the molecule is CC1(C)CCC(C)(C)c2cc3c(cc21)c1c(N2c4ccccc4C4(C)CCCCC24C)cc(-c2ccccc2Nc2ccccc2)c2c1n3-c1ccccc1B2. The quantitative estimate of drug-likeness (QED) is 0.182. The number of para-hydroxylation sites is 4. The Morgan fingerprint density at radius 3 is 2.04 bits per heavy atom. The fourth-order valence-electron chi connectivity index (χ4n) is 11.8. The molecule has 278 valence electrons. The molecule has 4 aliphatic rings. The lowest BCUT2D eigenvalue weighted by molar-refractivity contribution is 0.195. The molecule has 3 nitrogen and oxygen atoms in total. The predicted molar refractivity (Wildman–Crippen MR) is 240 cm³/mol. The molecule has 1 aromatic heterocycles. The summed E-state index contributed by atoms with van der Waals surface area (Å²) >= 11 is 0. The summed E-state index contributed by atoms with van der Waals surface area (Å²) in [5, 5.41) is 6.65. The van der Waals surface area contributed by atoms with Crippen LogP contribution in [0.25, 0.3) is 38.6 Å². The van der Waals surface area contributed by atoms with Crippen molar-refractivity contribution in [1.82, 2.24) is 4.57 Å². The van der Waals surface area contributed by atoms with Crippen molar-refractivity contribution in [3.63, 3.8) is 0 Å². The molecule has 0 bridgehead atoms. The van der Waals surface area contributed by atoms with Crippen LogP contribution in [0.4, 0.5) is 22.7 Å². The Bertz CT molecular complexity index is 2760. The number of aromatic nitrogens is 1. The van der Waals surface area contributed by atoms with Gasteiger partial charge < -0.3 is 14.8 Å². The topological polar surface area (TPSA) is 20.2 Å². The van der Waals surface area contributed by atoms with Crippen LogP contribution < -0.4 is 21.1 Å². The van der Waals surface area contributed by atoms with E-state index in [4.69, 9.17) is 0 Å². The second-order valence-electron chi connectivity index (χ2n) is 19.2. The summed E-state index contributed by atoms with van der Waals surface area (Å²) in [4.78, 5) is 2.84. The number of rotatable bonds is 4. The van der Waals surface area contributed by atoms with Gasteiger partial charge in [-0.3, -0.25) is 0 Å². The largest absolute Gasteiger partial charge is 0.355 e. The molecule has 2 atom stereocenters. The first-order chi connectivity index (χ1) is 27.0. The maximum Gasteiger partial charge on any atom is 0.198 e. The van der Waals surface area contributed by atoms with Gasteiger partial charge in [-0.25, -0.2) is 0 Å². The highest BCUT2D eigenvalue weighted by atomic mass is 15.3. The lowest BCUT2D eigenvalue weighted by atomic mass is 9.58. The van der Waals surface area contributed by atoms with E-state index in [2.05, 4.69) is 178 Å². The summed E-state index contributed by atoms with van der Waals surface area (Å²) in [6, 6.07) is 46.1. The molecule has 1 saturated carbocycles. The van der Waals surface area contributed by atoms with Gasteiger partial charge in [0.15, 0.2) is 7.28 Å². The van der Waals surface area contributed by atoms with Crippen molar-refractivity contribution in [3.8, 4) is 16.8 Å². The van der Waals surface area contributed by atoms with E-state index in [9.17, 15) is 0 Å². The third-order valence-corrected chi connectivity index (χ3v) is 15.2. The minimum atomic E-state index is -0.0750. The molecule has 2 aliphatic carbocycles. The van der Waals surface area contributed by atoms with Gasteiger partial charge >= 0.3 is 0 Å². The summed E-state index contributed by atoms with van der Waals surface area (Å²) in [5.74, 6) is 0. The minimum absolute atomic E-state index is 0.0486. The number of fused-ring (bicyclic) bond motifs is 9. The second kappa shape index (κ2) is 11.7. The summed E-state index contributed by atoms with van der Waals surface area (Å²) in [6.45, 7) is 15.1. The first-order valence-corrected chi connectivity index (χ1v) is 21.1. The summed E-state index contributed by atoms with van der Waals surface area (Å²) in [7, 11) is 0.889. The first-order valence-electron chi connectivity index (χ1n) is 21.1. The van der Waals surface area contributed by atoms with Gasteiger partial charge in [0.25, 0.3) is 0 Å². The normalized spacial score (nSPS) is 22.6. The number of hydrogen-bond donors (Lipinski definition) is 1. The lowest BCUT2D eigenvalue weighted by Gasteiger charge is -2.50.